The minimum absolute atomic E-state index is 0.0185. The second-order valence-electron chi connectivity index (χ2n) is 7.04. The summed E-state index contributed by atoms with van der Waals surface area (Å²) in [5.41, 5.74) is 2.12. The number of rotatable bonds is 6. The highest BCUT2D eigenvalue weighted by Gasteiger charge is 2.23. The molecule has 2 heterocycles. The monoisotopic (exact) mass is 470 g/mol. The van der Waals surface area contributed by atoms with Crippen molar-refractivity contribution in [1.29, 1.82) is 0 Å². The molecule has 9 heteroatoms. The van der Waals surface area contributed by atoms with E-state index in [9.17, 15) is 9.59 Å². The normalized spacial score (nSPS) is 11.1. The SMILES string of the molecule is CNC(=O)c1cc2c(-c3ccc(Cl)cc3)n(-c3ccccc3Cl)nc2n(CCOC)c1=O. The Kier molecular flexibility index (Phi) is 6.32. The molecule has 0 bridgehead atoms. The fourth-order valence-electron chi connectivity index (χ4n) is 3.57. The van der Waals surface area contributed by atoms with Crippen molar-refractivity contribution in [2.45, 2.75) is 6.54 Å². The molecule has 1 N–H and O–H groups in total. The number of methoxy groups -OCH3 is 1. The quantitative estimate of drug-likeness (QED) is 0.458. The standard InChI is InChI=1S/C23H20Cl2N4O3/c1-26-22(30)17-13-16-20(14-7-9-15(24)10-8-14)29(19-6-4-3-5-18(19)25)27-21(16)28(23(17)31)11-12-32-2/h3-10,13H,11-12H2,1-2H3,(H,26,30). The van der Waals surface area contributed by atoms with Crippen molar-refractivity contribution in [1.82, 2.24) is 19.7 Å². The molecule has 2 aromatic carbocycles. The Morgan fingerprint density at radius 2 is 1.84 bits per heavy atom. The number of hydrogen-bond donors (Lipinski definition) is 1. The van der Waals surface area contributed by atoms with Crippen molar-refractivity contribution in [3.8, 4) is 16.9 Å². The highest BCUT2D eigenvalue weighted by atomic mass is 35.5. The second kappa shape index (κ2) is 9.16. The lowest BCUT2D eigenvalue weighted by molar-refractivity contribution is 0.0961. The third kappa shape index (κ3) is 3.90. The van der Waals surface area contributed by atoms with E-state index in [4.69, 9.17) is 33.0 Å². The number of nitrogens with zero attached hydrogens (tertiary/aromatic N) is 3. The maximum Gasteiger partial charge on any atom is 0.265 e. The lowest BCUT2D eigenvalue weighted by Gasteiger charge is -2.10. The number of nitrogens with one attached hydrogen (secondary N) is 1. The number of benzene rings is 2. The van der Waals surface area contributed by atoms with Crippen LogP contribution in [0.5, 0.6) is 0 Å². The summed E-state index contributed by atoms with van der Waals surface area (Å²) in [7, 11) is 3.03. The van der Waals surface area contributed by atoms with E-state index in [0.29, 0.717) is 32.5 Å². The van der Waals surface area contributed by atoms with Crippen LogP contribution in [0.15, 0.2) is 59.4 Å². The molecule has 0 radical (unpaired) electrons. The van der Waals surface area contributed by atoms with Gasteiger partial charge in [0.25, 0.3) is 11.5 Å². The van der Waals surface area contributed by atoms with Crippen molar-refractivity contribution in [3.05, 3.63) is 80.6 Å². The molecule has 32 heavy (non-hydrogen) atoms. The van der Waals surface area contributed by atoms with E-state index in [2.05, 4.69) is 5.32 Å². The Bertz CT molecular complexity index is 1360. The average Bonchev–Trinajstić information content (AvgIpc) is 3.17. The topological polar surface area (TPSA) is 78.2 Å². The highest BCUT2D eigenvalue weighted by Crippen LogP contribution is 2.34. The largest absolute Gasteiger partial charge is 0.383 e. The zero-order valence-electron chi connectivity index (χ0n) is 17.4. The smallest absolute Gasteiger partial charge is 0.265 e. The molecule has 7 nitrogen and oxygen atoms in total. The van der Waals surface area contributed by atoms with Crippen LogP contribution in [0.25, 0.3) is 28.0 Å². The summed E-state index contributed by atoms with van der Waals surface area (Å²) in [6.45, 7) is 0.512. The molecule has 0 fully saturated rings. The van der Waals surface area contributed by atoms with Crippen LogP contribution in [-0.2, 0) is 11.3 Å². The van der Waals surface area contributed by atoms with Crippen molar-refractivity contribution in [2.24, 2.45) is 0 Å². The number of pyridine rings is 1. The van der Waals surface area contributed by atoms with Gasteiger partial charge in [0, 0.05) is 30.1 Å². The van der Waals surface area contributed by atoms with Gasteiger partial charge in [-0.05, 0) is 30.3 Å². The fraction of sp³-hybridized carbons (Fsp3) is 0.174. The summed E-state index contributed by atoms with van der Waals surface area (Å²) in [6, 6.07) is 16.1. The summed E-state index contributed by atoms with van der Waals surface area (Å²) < 4.78 is 8.33. The van der Waals surface area contributed by atoms with Crippen LogP contribution in [0.3, 0.4) is 0 Å². The molecule has 0 aliphatic heterocycles. The zero-order valence-corrected chi connectivity index (χ0v) is 18.9. The van der Waals surface area contributed by atoms with E-state index in [1.807, 2.05) is 30.3 Å². The molecular formula is C23H20Cl2N4O3. The summed E-state index contributed by atoms with van der Waals surface area (Å²) in [5, 5.41) is 9.00. The first-order valence-electron chi connectivity index (χ1n) is 9.84. The van der Waals surface area contributed by atoms with Crippen LogP contribution in [-0.4, -0.2) is 41.0 Å². The maximum absolute atomic E-state index is 13.1. The molecule has 2 aromatic heterocycles. The second-order valence-corrected chi connectivity index (χ2v) is 7.89. The average molecular weight is 471 g/mol. The van der Waals surface area contributed by atoms with Gasteiger partial charge in [-0.3, -0.25) is 14.2 Å². The number of fused-ring (bicyclic) bond motifs is 1. The van der Waals surface area contributed by atoms with E-state index in [1.54, 1.807) is 36.1 Å². The van der Waals surface area contributed by atoms with Gasteiger partial charge in [0.2, 0.25) is 0 Å². The van der Waals surface area contributed by atoms with Crippen molar-refractivity contribution in [3.63, 3.8) is 0 Å². The van der Waals surface area contributed by atoms with Crippen LogP contribution in [0.1, 0.15) is 10.4 Å². The molecule has 0 saturated carbocycles. The molecule has 0 aliphatic rings. The van der Waals surface area contributed by atoms with E-state index in [0.717, 1.165) is 5.56 Å². The molecule has 0 unspecified atom stereocenters. The third-order valence-electron chi connectivity index (χ3n) is 5.11. The predicted octanol–water partition coefficient (Wildman–Crippen LogP) is 4.17. The minimum Gasteiger partial charge on any atom is -0.383 e. The van der Waals surface area contributed by atoms with Crippen LogP contribution in [0.4, 0.5) is 0 Å². The van der Waals surface area contributed by atoms with Crippen molar-refractivity contribution in [2.75, 3.05) is 20.8 Å². The number of carbonyl (C=O) groups is 1. The molecular weight excluding hydrogens is 451 g/mol. The lowest BCUT2D eigenvalue weighted by atomic mass is 10.1. The van der Waals surface area contributed by atoms with Gasteiger partial charge in [0.15, 0.2) is 5.65 Å². The van der Waals surface area contributed by atoms with Gasteiger partial charge in [-0.15, -0.1) is 5.10 Å². The molecule has 0 saturated heterocycles. The van der Waals surface area contributed by atoms with Crippen LogP contribution >= 0.6 is 23.2 Å². The molecule has 164 valence electrons. The van der Waals surface area contributed by atoms with Crippen molar-refractivity contribution < 1.29 is 9.53 Å². The first kappa shape index (κ1) is 22.1. The van der Waals surface area contributed by atoms with Gasteiger partial charge in [-0.2, -0.15) is 0 Å². The number of carbonyl (C=O) groups excluding carboxylic acids is 1. The Hall–Kier alpha value is -3.13. The van der Waals surface area contributed by atoms with E-state index >= 15 is 0 Å². The minimum atomic E-state index is -0.476. The van der Waals surface area contributed by atoms with Gasteiger partial charge in [-0.1, -0.05) is 47.5 Å². The Balaban J connectivity index is 2.14. The van der Waals surface area contributed by atoms with Crippen molar-refractivity contribution >= 4 is 40.1 Å². The molecule has 0 aliphatic carbocycles. The summed E-state index contributed by atoms with van der Waals surface area (Å²) in [4.78, 5) is 25.7. The lowest BCUT2D eigenvalue weighted by Crippen LogP contribution is -2.32. The summed E-state index contributed by atoms with van der Waals surface area (Å²) in [5.74, 6) is -0.476. The Morgan fingerprint density at radius 1 is 1.12 bits per heavy atom. The molecule has 4 rings (SSSR count). The third-order valence-corrected chi connectivity index (χ3v) is 5.68. The van der Waals surface area contributed by atoms with Gasteiger partial charge >= 0.3 is 0 Å². The Morgan fingerprint density at radius 3 is 2.50 bits per heavy atom. The number of halogens is 2. The van der Waals surface area contributed by atoms with Crippen LogP contribution < -0.4 is 10.9 Å². The number of para-hydroxylation sites is 1. The van der Waals surface area contributed by atoms with Gasteiger partial charge in [-0.25, -0.2) is 4.68 Å². The van der Waals surface area contributed by atoms with Gasteiger partial charge < -0.3 is 10.1 Å². The van der Waals surface area contributed by atoms with Crippen LogP contribution in [0, 0.1) is 0 Å². The number of aromatic nitrogens is 3. The molecule has 0 spiro atoms. The van der Waals surface area contributed by atoms with E-state index in [1.165, 1.54) is 11.6 Å². The zero-order chi connectivity index (χ0) is 22.8. The number of ether oxygens (including phenoxy) is 1. The molecule has 0 atom stereocenters. The van der Waals surface area contributed by atoms with E-state index < -0.39 is 11.5 Å². The number of hydrogen-bond acceptors (Lipinski definition) is 4. The number of amides is 1. The first-order valence-corrected chi connectivity index (χ1v) is 10.6. The van der Waals surface area contributed by atoms with Gasteiger partial charge in [0.1, 0.15) is 5.56 Å². The van der Waals surface area contributed by atoms with E-state index in [-0.39, 0.29) is 18.7 Å². The highest BCUT2D eigenvalue weighted by molar-refractivity contribution is 6.32. The fourth-order valence-corrected chi connectivity index (χ4v) is 3.91. The Labute approximate surface area is 194 Å². The predicted molar refractivity (Wildman–Crippen MR) is 126 cm³/mol. The summed E-state index contributed by atoms with van der Waals surface area (Å²) >= 11 is 12.6. The molecule has 1 amide bonds. The maximum atomic E-state index is 13.1. The molecule has 4 aromatic rings. The van der Waals surface area contributed by atoms with Crippen LogP contribution in [0.2, 0.25) is 10.0 Å². The first-order chi connectivity index (χ1) is 15.5. The summed E-state index contributed by atoms with van der Waals surface area (Å²) in [6.07, 6.45) is 0. The van der Waals surface area contributed by atoms with Gasteiger partial charge in [0.05, 0.1) is 29.6 Å².